The van der Waals surface area contributed by atoms with Crippen LogP contribution in [0.2, 0.25) is 0 Å². The van der Waals surface area contributed by atoms with Crippen molar-refractivity contribution in [2.45, 2.75) is 6.54 Å². The third-order valence-corrected chi connectivity index (χ3v) is 3.60. The van der Waals surface area contributed by atoms with E-state index in [1.165, 1.54) is 6.08 Å². The number of amides is 1. The summed E-state index contributed by atoms with van der Waals surface area (Å²) in [5.41, 5.74) is 1.42. The molecular formula is C19H18N2O5. The van der Waals surface area contributed by atoms with Gasteiger partial charge in [-0.1, -0.05) is 11.2 Å². The van der Waals surface area contributed by atoms with E-state index < -0.39 is 0 Å². The zero-order chi connectivity index (χ0) is 18.4. The van der Waals surface area contributed by atoms with Gasteiger partial charge in [0.1, 0.15) is 5.69 Å². The Labute approximate surface area is 150 Å². The second kappa shape index (κ2) is 8.06. The Bertz CT molecular complexity index is 897. The third kappa shape index (κ3) is 4.13. The van der Waals surface area contributed by atoms with Crippen LogP contribution in [0.1, 0.15) is 11.3 Å². The van der Waals surface area contributed by atoms with Crippen molar-refractivity contribution in [3.05, 3.63) is 60.0 Å². The zero-order valence-corrected chi connectivity index (χ0v) is 14.4. The van der Waals surface area contributed by atoms with E-state index in [1.807, 2.05) is 6.07 Å². The minimum absolute atomic E-state index is 0.248. The minimum atomic E-state index is -0.248. The zero-order valence-electron chi connectivity index (χ0n) is 14.4. The van der Waals surface area contributed by atoms with Gasteiger partial charge in [-0.2, -0.15) is 0 Å². The van der Waals surface area contributed by atoms with Crippen LogP contribution in [0.5, 0.6) is 11.5 Å². The monoisotopic (exact) mass is 354 g/mol. The van der Waals surface area contributed by atoms with Crippen molar-refractivity contribution in [3.63, 3.8) is 0 Å². The first-order chi connectivity index (χ1) is 12.7. The van der Waals surface area contributed by atoms with Crippen molar-refractivity contribution in [2.75, 3.05) is 14.2 Å². The summed E-state index contributed by atoms with van der Waals surface area (Å²) >= 11 is 0. The molecule has 1 amide bonds. The first-order valence-corrected chi connectivity index (χ1v) is 7.87. The number of methoxy groups -OCH3 is 2. The Kier molecular flexibility index (Phi) is 5.38. The molecule has 26 heavy (non-hydrogen) atoms. The number of ether oxygens (including phenoxy) is 2. The Hall–Kier alpha value is -3.48. The van der Waals surface area contributed by atoms with Gasteiger partial charge in [-0.05, 0) is 35.9 Å². The highest BCUT2D eigenvalue weighted by atomic mass is 16.5. The molecule has 0 aliphatic carbocycles. The molecule has 3 rings (SSSR count). The third-order valence-electron chi connectivity index (χ3n) is 3.60. The molecule has 1 N–H and O–H groups in total. The van der Waals surface area contributed by atoms with E-state index in [2.05, 4.69) is 10.5 Å². The maximum absolute atomic E-state index is 12.0. The Morgan fingerprint density at radius 3 is 2.73 bits per heavy atom. The average molecular weight is 354 g/mol. The molecule has 0 radical (unpaired) electrons. The molecule has 0 aliphatic heterocycles. The summed E-state index contributed by atoms with van der Waals surface area (Å²) in [6, 6.07) is 10.7. The van der Waals surface area contributed by atoms with E-state index >= 15 is 0 Å². The van der Waals surface area contributed by atoms with Gasteiger partial charge in [0.25, 0.3) is 0 Å². The van der Waals surface area contributed by atoms with Gasteiger partial charge in [0, 0.05) is 12.1 Å². The number of carbonyl (C=O) groups excluding carboxylic acids is 1. The lowest BCUT2D eigenvalue weighted by Crippen LogP contribution is -2.20. The minimum Gasteiger partial charge on any atom is -0.493 e. The van der Waals surface area contributed by atoms with Gasteiger partial charge in [-0.25, -0.2) is 0 Å². The lowest BCUT2D eigenvalue weighted by atomic mass is 10.2. The van der Waals surface area contributed by atoms with E-state index in [-0.39, 0.29) is 12.5 Å². The summed E-state index contributed by atoms with van der Waals surface area (Å²) in [7, 11) is 3.13. The fourth-order valence-electron chi connectivity index (χ4n) is 2.30. The molecule has 2 heterocycles. The van der Waals surface area contributed by atoms with Crippen LogP contribution in [0, 0.1) is 0 Å². The van der Waals surface area contributed by atoms with Crippen LogP contribution in [-0.2, 0) is 11.3 Å². The van der Waals surface area contributed by atoms with Gasteiger partial charge in [-0.3, -0.25) is 4.79 Å². The van der Waals surface area contributed by atoms with Crippen LogP contribution in [0.15, 0.2) is 57.7 Å². The summed E-state index contributed by atoms with van der Waals surface area (Å²) in [5, 5.41) is 6.64. The standard InChI is InChI=1S/C19H18N2O5/c1-23-15-7-5-13(10-17(15)24-2)6-8-19(22)20-12-14-11-18(26-21-14)16-4-3-9-25-16/h3-11H,12H2,1-2H3,(H,20,22)/b8-6-. The largest absolute Gasteiger partial charge is 0.493 e. The molecule has 0 saturated heterocycles. The fourth-order valence-corrected chi connectivity index (χ4v) is 2.30. The van der Waals surface area contributed by atoms with Gasteiger partial charge in [0.05, 0.1) is 27.0 Å². The van der Waals surface area contributed by atoms with Crippen LogP contribution in [-0.4, -0.2) is 25.3 Å². The Morgan fingerprint density at radius 2 is 2.00 bits per heavy atom. The summed E-state index contributed by atoms with van der Waals surface area (Å²) in [4.78, 5) is 12.0. The summed E-state index contributed by atoms with van der Waals surface area (Å²) < 4.78 is 20.8. The molecule has 7 nitrogen and oxygen atoms in total. The van der Waals surface area contributed by atoms with Crippen molar-refractivity contribution >= 4 is 12.0 Å². The van der Waals surface area contributed by atoms with Crippen LogP contribution >= 0.6 is 0 Å². The number of nitrogens with zero attached hydrogens (tertiary/aromatic N) is 1. The topological polar surface area (TPSA) is 86.7 Å². The van der Waals surface area contributed by atoms with Gasteiger partial charge >= 0.3 is 0 Å². The lowest BCUT2D eigenvalue weighted by molar-refractivity contribution is -0.116. The second-order valence-electron chi connectivity index (χ2n) is 5.33. The molecule has 134 valence electrons. The molecule has 7 heteroatoms. The molecular weight excluding hydrogens is 336 g/mol. The molecule has 0 unspecified atom stereocenters. The predicted molar refractivity (Wildman–Crippen MR) is 94.6 cm³/mol. The van der Waals surface area contributed by atoms with Crippen LogP contribution in [0.3, 0.4) is 0 Å². The number of hydrogen-bond acceptors (Lipinski definition) is 6. The number of hydrogen-bond donors (Lipinski definition) is 1. The molecule has 0 aliphatic rings. The molecule has 0 saturated carbocycles. The number of furan rings is 1. The number of carbonyl (C=O) groups is 1. The Morgan fingerprint density at radius 1 is 1.15 bits per heavy atom. The van der Waals surface area contributed by atoms with Crippen LogP contribution in [0.4, 0.5) is 0 Å². The molecule has 1 aromatic carbocycles. The quantitative estimate of drug-likeness (QED) is 0.655. The van der Waals surface area contributed by atoms with Gasteiger partial charge < -0.3 is 23.7 Å². The predicted octanol–water partition coefficient (Wildman–Crippen LogP) is 3.28. The van der Waals surface area contributed by atoms with Gasteiger partial charge in [-0.15, -0.1) is 0 Å². The highest BCUT2D eigenvalue weighted by molar-refractivity contribution is 5.91. The van der Waals surface area contributed by atoms with Crippen molar-refractivity contribution in [1.82, 2.24) is 10.5 Å². The van der Waals surface area contributed by atoms with E-state index in [0.717, 1.165) is 5.56 Å². The fraction of sp³-hybridized carbons (Fsp3) is 0.158. The highest BCUT2D eigenvalue weighted by Gasteiger charge is 2.09. The maximum atomic E-state index is 12.0. The first-order valence-electron chi connectivity index (χ1n) is 7.87. The van der Waals surface area contributed by atoms with Crippen molar-refractivity contribution in [1.29, 1.82) is 0 Å². The molecule has 3 aromatic rings. The summed E-state index contributed by atoms with van der Waals surface area (Å²) in [6.45, 7) is 0.249. The smallest absolute Gasteiger partial charge is 0.244 e. The molecule has 2 aromatic heterocycles. The molecule has 0 bridgehead atoms. The SMILES string of the molecule is COc1ccc(/C=C\C(=O)NCc2cc(-c3ccco3)on2)cc1OC. The number of nitrogens with one attached hydrogen (secondary N) is 1. The maximum Gasteiger partial charge on any atom is 0.244 e. The lowest BCUT2D eigenvalue weighted by Gasteiger charge is -2.07. The van der Waals surface area contributed by atoms with E-state index in [0.29, 0.717) is 28.7 Å². The number of rotatable bonds is 7. The van der Waals surface area contributed by atoms with Crippen molar-refractivity contribution in [3.8, 4) is 23.0 Å². The normalized spacial score (nSPS) is 10.8. The van der Waals surface area contributed by atoms with Crippen LogP contribution in [0.25, 0.3) is 17.6 Å². The van der Waals surface area contributed by atoms with Crippen molar-refractivity contribution < 1.29 is 23.2 Å². The van der Waals surface area contributed by atoms with E-state index in [4.69, 9.17) is 18.4 Å². The molecule has 0 fully saturated rings. The first kappa shape index (κ1) is 17.3. The van der Waals surface area contributed by atoms with Gasteiger partial charge in [0.2, 0.25) is 11.7 Å². The van der Waals surface area contributed by atoms with E-state index in [9.17, 15) is 4.79 Å². The Balaban J connectivity index is 1.56. The van der Waals surface area contributed by atoms with Crippen LogP contribution < -0.4 is 14.8 Å². The molecule has 0 spiro atoms. The van der Waals surface area contributed by atoms with Gasteiger partial charge in [0.15, 0.2) is 17.3 Å². The van der Waals surface area contributed by atoms with E-state index in [1.54, 1.807) is 56.9 Å². The average Bonchev–Trinajstić information content (AvgIpc) is 3.35. The van der Waals surface area contributed by atoms with Crippen molar-refractivity contribution in [2.24, 2.45) is 0 Å². The number of aromatic nitrogens is 1. The number of benzene rings is 1. The second-order valence-corrected chi connectivity index (χ2v) is 5.33. The molecule has 0 atom stereocenters. The summed E-state index contributed by atoms with van der Waals surface area (Å²) in [5.74, 6) is 2.08. The summed E-state index contributed by atoms with van der Waals surface area (Å²) in [6.07, 6.45) is 4.68. The highest BCUT2D eigenvalue weighted by Crippen LogP contribution is 2.28.